The molecule has 0 bridgehead atoms. The highest BCUT2D eigenvalue weighted by Crippen LogP contribution is 2.44. The van der Waals surface area contributed by atoms with Crippen LogP contribution in [0.5, 0.6) is 11.5 Å². The van der Waals surface area contributed by atoms with Crippen LogP contribution in [0.2, 0.25) is 0 Å². The van der Waals surface area contributed by atoms with E-state index in [1.165, 1.54) is 0 Å². The molecule has 1 aliphatic rings. The summed E-state index contributed by atoms with van der Waals surface area (Å²) in [7, 11) is 0. The first-order chi connectivity index (χ1) is 13.6. The molecule has 0 unspecified atom stereocenters. The first kappa shape index (κ1) is 18.4. The number of phenols is 1. The monoisotopic (exact) mass is 376 g/mol. The van der Waals surface area contributed by atoms with E-state index in [2.05, 4.69) is 0 Å². The normalized spacial score (nSPS) is 14.4. The van der Waals surface area contributed by atoms with E-state index >= 15 is 0 Å². The average molecular weight is 376 g/mol. The summed E-state index contributed by atoms with van der Waals surface area (Å²) < 4.78 is 6.26. The zero-order valence-electron chi connectivity index (χ0n) is 15.7. The average Bonchev–Trinajstić information content (AvgIpc) is 3.22. The summed E-state index contributed by atoms with van der Waals surface area (Å²) in [5, 5.41) is 22.0. The Morgan fingerprint density at radius 3 is 2.61 bits per heavy atom. The first-order valence-electron chi connectivity index (χ1n) is 9.84. The standard InChI is InChI=1S/C24H24O4/c25-22(26)13-12-16-6-5-8-17(14-16)21-15-18-7-1-4-11-20(18)24(23(21)27)28-19-9-2-3-10-19/h1,4-8,11,14-15,19,27H,2-3,9-10,12-13H2,(H,25,26). The summed E-state index contributed by atoms with van der Waals surface area (Å²) in [5.74, 6) is -0.108. The van der Waals surface area contributed by atoms with Gasteiger partial charge in [-0.25, -0.2) is 0 Å². The molecule has 0 spiro atoms. The van der Waals surface area contributed by atoms with Gasteiger partial charge in [0.15, 0.2) is 11.5 Å². The summed E-state index contributed by atoms with van der Waals surface area (Å²) in [6.45, 7) is 0. The second-order valence-corrected chi connectivity index (χ2v) is 7.44. The van der Waals surface area contributed by atoms with Crippen molar-refractivity contribution in [2.45, 2.75) is 44.6 Å². The maximum absolute atomic E-state index is 11.1. The zero-order valence-corrected chi connectivity index (χ0v) is 15.7. The van der Waals surface area contributed by atoms with Gasteiger partial charge < -0.3 is 14.9 Å². The number of ether oxygens (including phenoxy) is 1. The van der Waals surface area contributed by atoms with Gasteiger partial charge in [-0.2, -0.15) is 0 Å². The lowest BCUT2D eigenvalue weighted by Gasteiger charge is -2.19. The van der Waals surface area contributed by atoms with Crippen LogP contribution >= 0.6 is 0 Å². The molecule has 1 aliphatic carbocycles. The molecular formula is C24H24O4. The van der Waals surface area contributed by atoms with E-state index in [1.807, 2.05) is 54.6 Å². The van der Waals surface area contributed by atoms with Crippen molar-refractivity contribution in [3.05, 3.63) is 60.2 Å². The number of aryl methyl sites for hydroxylation is 1. The fourth-order valence-electron chi connectivity index (χ4n) is 3.96. The summed E-state index contributed by atoms with van der Waals surface area (Å²) >= 11 is 0. The van der Waals surface area contributed by atoms with Gasteiger partial charge in [0.2, 0.25) is 0 Å². The Morgan fingerprint density at radius 2 is 1.82 bits per heavy atom. The minimum atomic E-state index is -0.814. The minimum Gasteiger partial charge on any atom is -0.504 e. The third-order valence-electron chi connectivity index (χ3n) is 5.43. The number of carboxylic acids is 1. The number of aliphatic carboxylic acids is 1. The van der Waals surface area contributed by atoms with Crippen molar-refractivity contribution in [3.8, 4) is 22.6 Å². The van der Waals surface area contributed by atoms with Crippen molar-refractivity contribution in [2.24, 2.45) is 0 Å². The predicted octanol–water partition coefficient (Wildman–Crippen LogP) is 5.55. The van der Waals surface area contributed by atoms with E-state index < -0.39 is 5.97 Å². The van der Waals surface area contributed by atoms with Gasteiger partial charge in [0.1, 0.15) is 0 Å². The van der Waals surface area contributed by atoms with Crippen molar-refractivity contribution in [1.82, 2.24) is 0 Å². The summed E-state index contributed by atoms with van der Waals surface area (Å²) in [6.07, 6.45) is 5.05. The lowest BCUT2D eigenvalue weighted by atomic mass is 9.96. The Hall–Kier alpha value is -3.01. The number of carboxylic acid groups (broad SMARTS) is 1. The molecule has 2 N–H and O–H groups in total. The summed E-state index contributed by atoms with van der Waals surface area (Å²) in [5.41, 5.74) is 2.51. The number of hydrogen-bond donors (Lipinski definition) is 2. The van der Waals surface area contributed by atoms with E-state index in [9.17, 15) is 9.90 Å². The fourth-order valence-corrected chi connectivity index (χ4v) is 3.96. The molecule has 0 heterocycles. The highest BCUT2D eigenvalue weighted by molar-refractivity contribution is 5.96. The van der Waals surface area contributed by atoms with Crippen molar-refractivity contribution in [3.63, 3.8) is 0 Å². The SMILES string of the molecule is O=C(O)CCc1cccc(-c2cc3ccccc3c(OC3CCCC3)c2O)c1. The number of aromatic hydroxyl groups is 1. The van der Waals surface area contributed by atoms with Crippen LogP contribution < -0.4 is 4.74 Å². The van der Waals surface area contributed by atoms with E-state index in [0.717, 1.165) is 47.6 Å². The number of carbonyl (C=O) groups is 1. The topological polar surface area (TPSA) is 66.8 Å². The maximum Gasteiger partial charge on any atom is 0.303 e. The van der Waals surface area contributed by atoms with Crippen LogP contribution in [0.4, 0.5) is 0 Å². The fraction of sp³-hybridized carbons (Fsp3) is 0.292. The van der Waals surface area contributed by atoms with Crippen LogP contribution in [0.25, 0.3) is 21.9 Å². The van der Waals surface area contributed by atoms with Crippen LogP contribution in [0.15, 0.2) is 54.6 Å². The van der Waals surface area contributed by atoms with Gasteiger partial charge in [-0.15, -0.1) is 0 Å². The third-order valence-corrected chi connectivity index (χ3v) is 5.43. The molecule has 0 amide bonds. The lowest BCUT2D eigenvalue weighted by Crippen LogP contribution is -2.11. The molecule has 4 rings (SSSR count). The number of phenolic OH excluding ortho intramolecular Hbond substituents is 1. The number of benzene rings is 3. The highest BCUT2D eigenvalue weighted by atomic mass is 16.5. The highest BCUT2D eigenvalue weighted by Gasteiger charge is 2.22. The molecule has 1 fully saturated rings. The van der Waals surface area contributed by atoms with Crippen molar-refractivity contribution in [1.29, 1.82) is 0 Å². The van der Waals surface area contributed by atoms with Gasteiger partial charge in [0.05, 0.1) is 6.10 Å². The molecule has 144 valence electrons. The number of rotatable bonds is 6. The molecule has 0 radical (unpaired) electrons. The van der Waals surface area contributed by atoms with E-state index in [1.54, 1.807) is 0 Å². The van der Waals surface area contributed by atoms with Gasteiger partial charge in [0, 0.05) is 17.4 Å². The smallest absolute Gasteiger partial charge is 0.303 e. The Balaban J connectivity index is 1.77. The molecule has 0 aliphatic heterocycles. The summed E-state index contributed by atoms with van der Waals surface area (Å²) in [4.78, 5) is 10.9. The van der Waals surface area contributed by atoms with E-state index in [4.69, 9.17) is 9.84 Å². The molecule has 3 aromatic rings. The van der Waals surface area contributed by atoms with Crippen molar-refractivity contribution < 1.29 is 19.7 Å². The molecule has 28 heavy (non-hydrogen) atoms. The largest absolute Gasteiger partial charge is 0.504 e. The zero-order chi connectivity index (χ0) is 19.5. The maximum atomic E-state index is 11.1. The second-order valence-electron chi connectivity index (χ2n) is 7.44. The molecule has 4 nitrogen and oxygen atoms in total. The van der Waals surface area contributed by atoms with Gasteiger partial charge >= 0.3 is 5.97 Å². The predicted molar refractivity (Wildman–Crippen MR) is 110 cm³/mol. The van der Waals surface area contributed by atoms with E-state index in [0.29, 0.717) is 17.7 Å². The quantitative estimate of drug-likeness (QED) is 0.592. The Kier molecular flexibility index (Phi) is 5.20. The van der Waals surface area contributed by atoms with Crippen LogP contribution in [0.1, 0.15) is 37.7 Å². The van der Waals surface area contributed by atoms with Gasteiger partial charge in [-0.05, 0) is 54.7 Å². The van der Waals surface area contributed by atoms with Gasteiger partial charge in [0.25, 0.3) is 0 Å². The van der Waals surface area contributed by atoms with Crippen LogP contribution in [-0.2, 0) is 11.2 Å². The summed E-state index contributed by atoms with van der Waals surface area (Å²) in [6, 6.07) is 17.6. The third kappa shape index (κ3) is 3.81. The molecular weight excluding hydrogens is 352 g/mol. The molecule has 3 aromatic carbocycles. The molecule has 0 atom stereocenters. The lowest BCUT2D eigenvalue weighted by molar-refractivity contribution is -0.136. The van der Waals surface area contributed by atoms with Gasteiger partial charge in [-0.3, -0.25) is 4.79 Å². The number of fused-ring (bicyclic) bond motifs is 1. The molecule has 4 heteroatoms. The van der Waals surface area contributed by atoms with Crippen LogP contribution in [0.3, 0.4) is 0 Å². The number of hydrogen-bond acceptors (Lipinski definition) is 3. The Morgan fingerprint density at radius 1 is 1.04 bits per heavy atom. The van der Waals surface area contributed by atoms with E-state index in [-0.39, 0.29) is 18.3 Å². The Bertz CT molecular complexity index is 1000. The molecule has 1 saturated carbocycles. The first-order valence-corrected chi connectivity index (χ1v) is 9.84. The van der Waals surface area contributed by atoms with Crippen molar-refractivity contribution in [2.75, 3.05) is 0 Å². The Labute approximate surface area is 164 Å². The van der Waals surface area contributed by atoms with Crippen molar-refractivity contribution >= 4 is 16.7 Å². The second kappa shape index (κ2) is 7.93. The van der Waals surface area contributed by atoms with Gasteiger partial charge in [-0.1, -0.05) is 48.5 Å². The van der Waals surface area contributed by atoms with Crippen LogP contribution in [0, 0.1) is 0 Å². The molecule has 0 saturated heterocycles. The molecule has 0 aromatic heterocycles. The minimum absolute atomic E-state index is 0.0865. The van der Waals surface area contributed by atoms with Crippen LogP contribution in [-0.4, -0.2) is 22.3 Å².